The number of hydrogen-bond acceptors (Lipinski definition) is 3. The second kappa shape index (κ2) is 7.47. The largest absolute Gasteiger partial charge is 0.480 e. The average molecular weight is 285 g/mol. The van der Waals surface area contributed by atoms with Gasteiger partial charge in [0.2, 0.25) is 0 Å². The summed E-state index contributed by atoms with van der Waals surface area (Å²) < 4.78 is 0. The molecule has 0 aliphatic carbocycles. The topological polar surface area (TPSA) is 72.9 Å². The van der Waals surface area contributed by atoms with Crippen molar-refractivity contribution in [2.45, 2.75) is 45.2 Å². The molecule has 0 bridgehead atoms. The molecule has 6 heteroatoms. The molecular formula is C14H27N3O3. The van der Waals surface area contributed by atoms with Gasteiger partial charge in [-0.3, -0.25) is 0 Å². The molecule has 2 N–H and O–H groups in total. The predicted molar refractivity (Wildman–Crippen MR) is 77.7 cm³/mol. The zero-order valence-corrected chi connectivity index (χ0v) is 12.9. The number of likely N-dealkylation sites (N-methyl/N-ethyl adjacent to an activating group) is 1. The van der Waals surface area contributed by atoms with E-state index in [4.69, 9.17) is 0 Å². The number of nitrogens with zero attached hydrogens (tertiary/aromatic N) is 2. The van der Waals surface area contributed by atoms with Crippen LogP contribution in [0.15, 0.2) is 0 Å². The number of piperidine rings is 1. The van der Waals surface area contributed by atoms with Gasteiger partial charge in [0, 0.05) is 19.1 Å². The number of urea groups is 1. The summed E-state index contributed by atoms with van der Waals surface area (Å²) in [5, 5.41) is 12.1. The van der Waals surface area contributed by atoms with Crippen molar-refractivity contribution in [3.63, 3.8) is 0 Å². The van der Waals surface area contributed by atoms with Crippen molar-refractivity contribution >= 4 is 12.0 Å². The first-order valence-corrected chi connectivity index (χ1v) is 7.30. The molecule has 1 rings (SSSR count). The van der Waals surface area contributed by atoms with Crippen LogP contribution in [0.25, 0.3) is 0 Å². The minimum atomic E-state index is -0.904. The Hall–Kier alpha value is -1.30. The maximum Gasteiger partial charge on any atom is 0.326 e. The number of aliphatic carboxylic acids is 1. The Morgan fingerprint density at radius 1 is 1.45 bits per heavy atom. The summed E-state index contributed by atoms with van der Waals surface area (Å²) in [6, 6.07) is -0.737. The number of nitrogens with one attached hydrogen (secondary N) is 1. The fraction of sp³-hybridized carbons (Fsp3) is 0.857. The molecule has 3 atom stereocenters. The van der Waals surface area contributed by atoms with Gasteiger partial charge in [0.25, 0.3) is 0 Å². The van der Waals surface area contributed by atoms with Crippen LogP contribution in [-0.4, -0.2) is 66.2 Å². The number of carbonyl (C=O) groups is 2. The molecule has 0 radical (unpaired) electrons. The van der Waals surface area contributed by atoms with Gasteiger partial charge in [0.05, 0.1) is 0 Å². The van der Waals surface area contributed by atoms with Crippen molar-refractivity contribution < 1.29 is 14.7 Å². The molecule has 1 heterocycles. The van der Waals surface area contributed by atoms with Gasteiger partial charge < -0.3 is 20.2 Å². The maximum absolute atomic E-state index is 12.2. The van der Waals surface area contributed by atoms with Gasteiger partial charge in [-0.05, 0) is 39.8 Å². The van der Waals surface area contributed by atoms with Crippen LogP contribution in [0.2, 0.25) is 0 Å². The highest BCUT2D eigenvalue weighted by molar-refractivity contribution is 5.82. The molecule has 116 valence electrons. The molecule has 1 saturated heterocycles. The zero-order chi connectivity index (χ0) is 15.3. The molecule has 3 unspecified atom stereocenters. The molecule has 0 aromatic carbocycles. The Balaban J connectivity index is 2.59. The van der Waals surface area contributed by atoms with Crippen molar-refractivity contribution in [3.8, 4) is 0 Å². The van der Waals surface area contributed by atoms with Gasteiger partial charge in [0.15, 0.2) is 0 Å². The molecule has 2 amide bonds. The van der Waals surface area contributed by atoms with Gasteiger partial charge in [-0.25, -0.2) is 9.59 Å². The molecule has 0 aromatic heterocycles. The third-order valence-corrected chi connectivity index (χ3v) is 4.26. The van der Waals surface area contributed by atoms with Gasteiger partial charge in [0.1, 0.15) is 6.04 Å². The van der Waals surface area contributed by atoms with Gasteiger partial charge >= 0.3 is 12.0 Å². The summed E-state index contributed by atoms with van der Waals surface area (Å²) in [5.74, 6) is -0.500. The van der Waals surface area contributed by atoms with Gasteiger partial charge in [-0.15, -0.1) is 0 Å². The van der Waals surface area contributed by atoms with Gasteiger partial charge in [-0.2, -0.15) is 0 Å². The number of amides is 2. The summed E-state index contributed by atoms with van der Waals surface area (Å²) in [6.07, 6.45) is 2.41. The second-order valence-corrected chi connectivity index (χ2v) is 5.84. The van der Waals surface area contributed by atoms with E-state index in [0.717, 1.165) is 12.8 Å². The van der Waals surface area contributed by atoms with Crippen LogP contribution in [0, 0.1) is 5.92 Å². The number of likely N-dealkylation sites (tertiary alicyclic amines) is 1. The number of carboxylic acid groups (broad SMARTS) is 1. The Morgan fingerprint density at radius 2 is 2.10 bits per heavy atom. The molecule has 0 aromatic rings. The van der Waals surface area contributed by atoms with Crippen LogP contribution >= 0.6 is 0 Å². The molecule has 1 aliphatic rings. The Labute approximate surface area is 121 Å². The van der Waals surface area contributed by atoms with E-state index in [1.165, 1.54) is 4.90 Å². The molecule has 0 saturated carbocycles. The number of rotatable bonds is 5. The molecule has 1 aliphatic heterocycles. The van der Waals surface area contributed by atoms with E-state index >= 15 is 0 Å². The number of hydrogen-bond donors (Lipinski definition) is 2. The lowest BCUT2D eigenvalue weighted by molar-refractivity contribution is -0.144. The van der Waals surface area contributed by atoms with Crippen molar-refractivity contribution in [2.75, 3.05) is 27.2 Å². The number of carbonyl (C=O) groups excluding carboxylic acids is 1. The zero-order valence-electron chi connectivity index (χ0n) is 12.9. The third-order valence-electron chi connectivity index (χ3n) is 4.26. The SMILES string of the molecule is CCC1CCN(C(=O)NCC(C)N(C)C)C(C(=O)O)C1. The fourth-order valence-electron chi connectivity index (χ4n) is 2.41. The van der Waals surface area contributed by atoms with E-state index in [1.54, 1.807) is 0 Å². The monoisotopic (exact) mass is 285 g/mol. The lowest BCUT2D eigenvalue weighted by Crippen LogP contribution is -2.54. The lowest BCUT2D eigenvalue weighted by atomic mass is 9.89. The maximum atomic E-state index is 12.2. The normalized spacial score (nSPS) is 24.6. The van der Waals surface area contributed by atoms with E-state index in [0.29, 0.717) is 25.4 Å². The van der Waals surface area contributed by atoms with E-state index in [1.807, 2.05) is 25.9 Å². The lowest BCUT2D eigenvalue weighted by Gasteiger charge is -2.37. The summed E-state index contributed by atoms with van der Waals surface area (Å²) in [5.41, 5.74) is 0. The fourth-order valence-corrected chi connectivity index (χ4v) is 2.41. The molecular weight excluding hydrogens is 258 g/mol. The third kappa shape index (κ3) is 4.37. The molecule has 20 heavy (non-hydrogen) atoms. The first kappa shape index (κ1) is 16.8. The van der Waals surface area contributed by atoms with Gasteiger partial charge in [-0.1, -0.05) is 13.3 Å². The second-order valence-electron chi connectivity index (χ2n) is 5.84. The summed E-state index contributed by atoms with van der Waals surface area (Å²) in [4.78, 5) is 27.0. The van der Waals surface area contributed by atoms with Crippen molar-refractivity contribution in [1.82, 2.24) is 15.1 Å². The van der Waals surface area contributed by atoms with Crippen LogP contribution in [-0.2, 0) is 4.79 Å². The summed E-state index contributed by atoms with van der Waals surface area (Å²) in [6.45, 7) is 5.12. The highest BCUT2D eigenvalue weighted by atomic mass is 16.4. The van der Waals surface area contributed by atoms with Crippen molar-refractivity contribution in [1.29, 1.82) is 0 Å². The predicted octanol–water partition coefficient (Wildman–Crippen LogP) is 1.22. The van der Waals surface area contributed by atoms with E-state index in [9.17, 15) is 14.7 Å². The smallest absolute Gasteiger partial charge is 0.326 e. The van der Waals surface area contributed by atoms with Crippen molar-refractivity contribution in [3.05, 3.63) is 0 Å². The van der Waals surface area contributed by atoms with E-state index in [2.05, 4.69) is 12.2 Å². The number of carboxylic acids is 1. The highest BCUT2D eigenvalue weighted by Gasteiger charge is 2.35. The van der Waals surface area contributed by atoms with E-state index in [-0.39, 0.29) is 12.1 Å². The Morgan fingerprint density at radius 3 is 2.60 bits per heavy atom. The minimum Gasteiger partial charge on any atom is -0.480 e. The van der Waals surface area contributed by atoms with E-state index < -0.39 is 12.0 Å². The molecule has 0 spiro atoms. The molecule has 6 nitrogen and oxygen atoms in total. The molecule has 1 fully saturated rings. The first-order chi connectivity index (χ1) is 9.36. The Kier molecular flexibility index (Phi) is 6.26. The first-order valence-electron chi connectivity index (χ1n) is 7.30. The summed E-state index contributed by atoms with van der Waals surface area (Å²) in [7, 11) is 3.90. The van der Waals surface area contributed by atoms with Crippen molar-refractivity contribution in [2.24, 2.45) is 5.92 Å². The van der Waals surface area contributed by atoms with Crippen LogP contribution in [0.4, 0.5) is 4.79 Å². The highest BCUT2D eigenvalue weighted by Crippen LogP contribution is 2.25. The summed E-state index contributed by atoms with van der Waals surface area (Å²) >= 11 is 0. The van der Waals surface area contributed by atoms with Crippen LogP contribution in [0.1, 0.15) is 33.1 Å². The Bertz CT molecular complexity index is 347. The standard InChI is InChI=1S/C14H27N3O3/c1-5-11-6-7-17(12(8-11)13(18)19)14(20)15-9-10(2)16(3)4/h10-12H,5-9H2,1-4H3,(H,15,20)(H,18,19). The van der Waals surface area contributed by atoms with Crippen LogP contribution < -0.4 is 5.32 Å². The van der Waals surface area contributed by atoms with Crippen LogP contribution in [0.5, 0.6) is 0 Å². The quantitative estimate of drug-likeness (QED) is 0.796. The van der Waals surface area contributed by atoms with Crippen LogP contribution in [0.3, 0.4) is 0 Å². The minimum absolute atomic E-state index is 0.218. The average Bonchev–Trinajstić information content (AvgIpc) is 2.43.